The van der Waals surface area contributed by atoms with E-state index >= 15 is 0 Å². The fourth-order valence-corrected chi connectivity index (χ4v) is 2.37. The van der Waals surface area contributed by atoms with Gasteiger partial charge in [-0.2, -0.15) is 0 Å². The van der Waals surface area contributed by atoms with Crippen molar-refractivity contribution in [2.75, 3.05) is 0 Å². The van der Waals surface area contributed by atoms with Crippen LogP contribution in [0.5, 0.6) is 0 Å². The highest BCUT2D eigenvalue weighted by molar-refractivity contribution is 6.18. The molecule has 1 aromatic rings. The summed E-state index contributed by atoms with van der Waals surface area (Å²) < 4.78 is 5.06. The van der Waals surface area contributed by atoms with Crippen molar-refractivity contribution in [3.8, 4) is 0 Å². The van der Waals surface area contributed by atoms with Gasteiger partial charge in [0.2, 0.25) is 11.8 Å². The van der Waals surface area contributed by atoms with Crippen LogP contribution in [0.15, 0.2) is 4.52 Å². The van der Waals surface area contributed by atoms with Crippen LogP contribution in [0.1, 0.15) is 43.8 Å². The number of carbonyl (C=O) groups is 3. The van der Waals surface area contributed by atoms with Gasteiger partial charge in [-0.15, -0.1) is 0 Å². The van der Waals surface area contributed by atoms with Crippen molar-refractivity contribution in [2.45, 2.75) is 40.7 Å². The van der Waals surface area contributed by atoms with Gasteiger partial charge in [-0.3, -0.25) is 19.8 Å². The summed E-state index contributed by atoms with van der Waals surface area (Å²) in [5.41, 5.74) is 0.0187. The number of hydrogen-bond acceptors (Lipinski definition) is 5. The minimum Gasteiger partial charge on any atom is -0.361 e. The van der Waals surface area contributed by atoms with Crippen molar-refractivity contribution >= 4 is 17.8 Å². The number of imide groups is 2. The van der Waals surface area contributed by atoms with Gasteiger partial charge in [0.15, 0.2) is 0 Å². The number of barbiturate groups is 1. The number of hydrogen-bond donors (Lipinski definition) is 1. The highest BCUT2D eigenvalue weighted by Gasteiger charge is 2.49. The lowest BCUT2D eigenvalue weighted by molar-refractivity contribution is -0.150. The molecule has 1 unspecified atom stereocenters. The summed E-state index contributed by atoms with van der Waals surface area (Å²) in [5, 5.41) is 6.03. The van der Waals surface area contributed by atoms with Crippen LogP contribution in [0, 0.1) is 19.3 Å². The van der Waals surface area contributed by atoms with Crippen molar-refractivity contribution < 1.29 is 18.9 Å². The Morgan fingerprint density at radius 1 is 1.25 bits per heavy atom. The van der Waals surface area contributed by atoms with Crippen molar-refractivity contribution in [2.24, 2.45) is 5.41 Å². The fourth-order valence-electron chi connectivity index (χ4n) is 2.37. The minimum atomic E-state index is -1.28. The van der Waals surface area contributed by atoms with E-state index in [2.05, 4.69) is 10.5 Å². The molecule has 0 bridgehead atoms. The molecule has 0 aliphatic carbocycles. The Hall–Kier alpha value is -2.18. The van der Waals surface area contributed by atoms with E-state index in [-0.39, 0.29) is 0 Å². The lowest BCUT2D eigenvalue weighted by Crippen LogP contribution is -2.62. The molecule has 0 spiro atoms. The zero-order chi connectivity index (χ0) is 15.2. The molecular formula is C13H17N3O4. The molecule has 1 aromatic heterocycles. The molecule has 7 nitrogen and oxygen atoms in total. The highest BCUT2D eigenvalue weighted by Crippen LogP contribution is 2.32. The predicted octanol–water partition coefficient (Wildman–Crippen LogP) is 1.46. The van der Waals surface area contributed by atoms with E-state index in [1.807, 2.05) is 0 Å². The first-order valence-corrected chi connectivity index (χ1v) is 6.29. The lowest BCUT2D eigenvalue weighted by atomic mass is 9.87. The molecule has 20 heavy (non-hydrogen) atoms. The zero-order valence-electron chi connectivity index (χ0n) is 12.1. The average Bonchev–Trinajstić information content (AvgIpc) is 2.67. The average molecular weight is 279 g/mol. The van der Waals surface area contributed by atoms with Gasteiger partial charge >= 0.3 is 6.03 Å². The maximum Gasteiger partial charge on any atom is 0.331 e. The zero-order valence-corrected chi connectivity index (χ0v) is 12.1. The molecule has 4 amide bonds. The van der Waals surface area contributed by atoms with Crippen LogP contribution < -0.4 is 5.32 Å². The van der Waals surface area contributed by atoms with Crippen molar-refractivity contribution in [3.63, 3.8) is 0 Å². The van der Waals surface area contributed by atoms with E-state index in [4.69, 9.17) is 4.52 Å². The molecule has 0 radical (unpaired) electrons. The Morgan fingerprint density at radius 3 is 2.35 bits per heavy atom. The third-order valence-corrected chi connectivity index (χ3v) is 3.65. The van der Waals surface area contributed by atoms with E-state index in [0.29, 0.717) is 17.0 Å². The van der Waals surface area contributed by atoms with Crippen molar-refractivity contribution in [3.05, 3.63) is 17.0 Å². The first-order chi connectivity index (χ1) is 9.17. The summed E-state index contributed by atoms with van der Waals surface area (Å²) in [4.78, 5) is 37.2. The Labute approximate surface area is 116 Å². The summed E-state index contributed by atoms with van der Waals surface area (Å²) in [7, 11) is 0. The number of urea groups is 1. The largest absolute Gasteiger partial charge is 0.361 e. The van der Waals surface area contributed by atoms with Crippen molar-refractivity contribution in [1.82, 2.24) is 15.4 Å². The maximum absolute atomic E-state index is 12.4. The minimum absolute atomic E-state index is 0.529. The molecule has 0 saturated carbocycles. The predicted molar refractivity (Wildman–Crippen MR) is 68.6 cm³/mol. The molecule has 1 N–H and O–H groups in total. The molecule has 1 saturated heterocycles. The van der Waals surface area contributed by atoms with Crippen LogP contribution >= 0.6 is 0 Å². The van der Waals surface area contributed by atoms with Crippen LogP contribution in [0.4, 0.5) is 4.79 Å². The van der Waals surface area contributed by atoms with Gasteiger partial charge in [0.1, 0.15) is 11.2 Å². The summed E-state index contributed by atoms with van der Waals surface area (Å²) >= 11 is 0. The SMILES string of the molecule is Cc1noc(C)c1C(C)N1C(=O)NC(=O)C(C)(C)C1=O. The molecule has 7 heteroatoms. The quantitative estimate of drug-likeness (QED) is 0.827. The Morgan fingerprint density at radius 2 is 1.85 bits per heavy atom. The third kappa shape index (κ3) is 1.90. The normalized spacial score (nSPS) is 20.1. The van der Waals surface area contributed by atoms with E-state index in [1.165, 1.54) is 13.8 Å². The van der Waals surface area contributed by atoms with Crippen LogP contribution in [-0.4, -0.2) is 27.9 Å². The third-order valence-electron chi connectivity index (χ3n) is 3.65. The smallest absolute Gasteiger partial charge is 0.331 e. The van der Waals surface area contributed by atoms with Crippen LogP contribution in [-0.2, 0) is 9.59 Å². The maximum atomic E-state index is 12.4. The van der Waals surface area contributed by atoms with Crippen LogP contribution in [0.3, 0.4) is 0 Å². The number of nitrogens with one attached hydrogen (secondary N) is 1. The summed E-state index contributed by atoms with van der Waals surface area (Å²) in [5.74, 6) is -0.571. The van der Waals surface area contributed by atoms with Crippen LogP contribution in [0.2, 0.25) is 0 Å². The van der Waals surface area contributed by atoms with Gasteiger partial charge < -0.3 is 4.52 Å². The first-order valence-electron chi connectivity index (χ1n) is 6.29. The van der Waals surface area contributed by atoms with Gasteiger partial charge in [-0.05, 0) is 34.6 Å². The molecule has 0 aromatic carbocycles. The van der Waals surface area contributed by atoms with E-state index < -0.39 is 29.3 Å². The van der Waals surface area contributed by atoms with Gasteiger partial charge in [0.25, 0.3) is 0 Å². The number of nitrogens with zero attached hydrogens (tertiary/aromatic N) is 2. The van der Waals surface area contributed by atoms with Gasteiger partial charge in [0.05, 0.1) is 11.7 Å². The lowest BCUT2D eigenvalue weighted by Gasteiger charge is -2.37. The summed E-state index contributed by atoms with van der Waals surface area (Å²) in [6, 6.07) is -1.27. The number of amides is 4. The first kappa shape index (κ1) is 14.2. The molecule has 108 valence electrons. The van der Waals surface area contributed by atoms with Crippen LogP contribution in [0.25, 0.3) is 0 Å². The summed E-state index contributed by atoms with van der Waals surface area (Å²) in [6.45, 7) is 8.14. The molecule has 1 fully saturated rings. The van der Waals surface area contributed by atoms with E-state index in [1.54, 1.807) is 20.8 Å². The number of aryl methyl sites for hydroxylation is 2. The second-order valence-corrected chi connectivity index (χ2v) is 5.47. The monoisotopic (exact) mass is 279 g/mol. The van der Waals surface area contributed by atoms with Crippen molar-refractivity contribution in [1.29, 1.82) is 0 Å². The summed E-state index contributed by atoms with van der Waals surface area (Å²) in [6.07, 6.45) is 0. The van der Waals surface area contributed by atoms with E-state index in [9.17, 15) is 14.4 Å². The van der Waals surface area contributed by atoms with Gasteiger partial charge in [-0.1, -0.05) is 5.16 Å². The molecule has 1 aliphatic heterocycles. The number of rotatable bonds is 2. The van der Waals surface area contributed by atoms with Gasteiger partial charge in [0, 0.05) is 5.56 Å². The Kier molecular flexibility index (Phi) is 3.15. The highest BCUT2D eigenvalue weighted by atomic mass is 16.5. The number of aromatic nitrogens is 1. The molecular weight excluding hydrogens is 262 g/mol. The molecule has 1 atom stereocenters. The Balaban J connectivity index is 2.44. The molecule has 1 aliphatic rings. The Bertz CT molecular complexity index is 583. The number of carbonyl (C=O) groups excluding carboxylic acids is 3. The van der Waals surface area contributed by atoms with Gasteiger partial charge in [-0.25, -0.2) is 4.79 Å². The topological polar surface area (TPSA) is 92.5 Å². The standard InChI is InChI=1S/C13H17N3O4/c1-6-9(8(3)20-15-6)7(2)16-11(18)13(4,5)10(17)14-12(16)19/h7H,1-5H3,(H,14,17,19). The second-order valence-electron chi connectivity index (χ2n) is 5.47. The second kappa shape index (κ2) is 4.43. The van der Waals surface area contributed by atoms with E-state index in [0.717, 1.165) is 4.90 Å². The fraction of sp³-hybridized carbons (Fsp3) is 0.538. The molecule has 2 heterocycles. The molecule has 2 rings (SSSR count).